The molecule has 34 heavy (non-hydrogen) atoms. The number of halogens is 2. The van der Waals surface area contributed by atoms with Gasteiger partial charge in [-0.2, -0.15) is 4.98 Å². The molecule has 2 aromatic rings. The molecule has 0 atom stereocenters. The fraction of sp³-hybridized carbons (Fsp3) is 0.208. The van der Waals surface area contributed by atoms with Crippen LogP contribution in [0.2, 0.25) is 0 Å². The van der Waals surface area contributed by atoms with E-state index in [1.54, 1.807) is 73.8 Å². The van der Waals surface area contributed by atoms with Crippen LogP contribution in [-0.4, -0.2) is 48.8 Å². The second-order valence-electron chi connectivity index (χ2n) is 7.44. The summed E-state index contributed by atoms with van der Waals surface area (Å²) in [6.45, 7) is -0.585. The minimum Gasteiger partial charge on any atom is -0.497 e. The van der Waals surface area contributed by atoms with Gasteiger partial charge in [-0.15, -0.1) is 0 Å². The fourth-order valence-corrected chi connectivity index (χ4v) is 3.61. The zero-order valence-electron chi connectivity index (χ0n) is 18.6. The van der Waals surface area contributed by atoms with Gasteiger partial charge < -0.3 is 20.2 Å². The van der Waals surface area contributed by atoms with Crippen LogP contribution in [-0.2, 0) is 6.54 Å². The number of nitrogens with one attached hydrogen (secondary N) is 2. The highest BCUT2D eigenvalue weighted by atomic mass is 19.3. The predicted molar refractivity (Wildman–Crippen MR) is 124 cm³/mol. The Morgan fingerprint density at radius 3 is 2.65 bits per heavy atom. The lowest BCUT2D eigenvalue weighted by atomic mass is 10.0. The molecule has 1 aliphatic heterocycles. The summed E-state index contributed by atoms with van der Waals surface area (Å²) < 4.78 is 35.6. The molecule has 0 bridgehead atoms. The third kappa shape index (κ3) is 4.61. The largest absolute Gasteiger partial charge is 0.497 e. The number of alkyl halides is 2. The summed E-state index contributed by atoms with van der Waals surface area (Å²) in [7, 11) is 3.28. The third-order valence-corrected chi connectivity index (χ3v) is 5.23. The van der Waals surface area contributed by atoms with E-state index in [0.717, 1.165) is 0 Å². The number of amides is 2. The molecule has 0 saturated carbocycles. The normalized spacial score (nSPS) is 16.6. The predicted octanol–water partition coefficient (Wildman–Crippen LogP) is 4.38. The summed E-state index contributed by atoms with van der Waals surface area (Å²) in [6.07, 6.45) is 4.12. The molecule has 0 saturated heterocycles. The van der Waals surface area contributed by atoms with Gasteiger partial charge in [0.05, 0.1) is 25.1 Å². The van der Waals surface area contributed by atoms with E-state index in [2.05, 4.69) is 10.3 Å². The number of pyridine rings is 1. The van der Waals surface area contributed by atoms with Gasteiger partial charge in [0.15, 0.2) is 6.61 Å². The van der Waals surface area contributed by atoms with Gasteiger partial charge in [0, 0.05) is 36.1 Å². The van der Waals surface area contributed by atoms with Crippen LogP contribution in [0.5, 0.6) is 11.6 Å². The number of urea groups is 1. The van der Waals surface area contributed by atoms with Crippen molar-refractivity contribution in [2.45, 2.75) is 13.0 Å². The number of anilines is 2. The van der Waals surface area contributed by atoms with Gasteiger partial charge >= 0.3 is 6.03 Å². The molecule has 176 valence electrons. The number of hydrogen-bond acceptors (Lipinski definition) is 6. The molecule has 8 nitrogen and oxygen atoms in total. The van der Waals surface area contributed by atoms with Crippen molar-refractivity contribution in [3.8, 4) is 11.6 Å². The van der Waals surface area contributed by atoms with E-state index in [4.69, 9.17) is 14.9 Å². The summed E-state index contributed by atoms with van der Waals surface area (Å²) in [5.41, 5.74) is 2.77. The molecular weight excluding hydrogens is 444 g/mol. The lowest BCUT2D eigenvalue weighted by Crippen LogP contribution is -2.44. The van der Waals surface area contributed by atoms with Crippen molar-refractivity contribution >= 4 is 23.2 Å². The van der Waals surface area contributed by atoms with E-state index in [1.165, 1.54) is 11.0 Å². The number of methoxy groups -OCH3 is 1. The van der Waals surface area contributed by atoms with Crippen molar-refractivity contribution in [2.75, 3.05) is 25.7 Å². The molecule has 2 aliphatic rings. The van der Waals surface area contributed by atoms with Crippen LogP contribution in [0, 0.1) is 5.41 Å². The Morgan fingerprint density at radius 2 is 1.97 bits per heavy atom. The van der Waals surface area contributed by atoms with Gasteiger partial charge in [0.1, 0.15) is 11.6 Å². The van der Waals surface area contributed by atoms with E-state index < -0.39 is 13.0 Å². The van der Waals surface area contributed by atoms with Crippen molar-refractivity contribution in [2.24, 2.45) is 0 Å². The standard InChI is InChI=1S/C24H23F2N5O3/c1-28-12-16-11-18(6-9-20(16)27)30-13-15-3-10-22(34-14-21(25)26)29-23(15)31(24(30)32)17-4-7-19(33-2)8-5-17/h3-12,21,27-28H,13-14H2,1-2H3/b16-12-,27-20?. The first kappa shape index (κ1) is 23.0. The molecule has 1 aromatic heterocycles. The number of nitrogens with zero attached hydrogens (tertiary/aromatic N) is 3. The average Bonchev–Trinajstić information content (AvgIpc) is 2.84. The fourth-order valence-electron chi connectivity index (χ4n) is 3.61. The van der Waals surface area contributed by atoms with Crippen LogP contribution in [0.3, 0.4) is 0 Å². The van der Waals surface area contributed by atoms with Crippen LogP contribution >= 0.6 is 0 Å². The van der Waals surface area contributed by atoms with Crippen molar-refractivity contribution in [3.05, 3.63) is 77.7 Å². The SMILES string of the molecule is CN/C=C1/C=C(N2Cc3ccc(OCC(F)F)nc3N(c3ccc(OC)cc3)C2=O)C=CC1=N. The number of ether oxygens (including phenoxy) is 2. The molecule has 10 heteroatoms. The Bertz CT molecular complexity index is 1190. The number of carbonyl (C=O) groups excluding carboxylic acids is 1. The maximum atomic E-state index is 13.7. The monoisotopic (exact) mass is 467 g/mol. The second-order valence-corrected chi connectivity index (χ2v) is 7.44. The first-order chi connectivity index (χ1) is 16.4. The molecule has 2 amide bonds. The Hall–Kier alpha value is -4.21. The van der Waals surface area contributed by atoms with Gasteiger partial charge in [-0.25, -0.2) is 18.5 Å². The smallest absolute Gasteiger partial charge is 0.335 e. The topological polar surface area (TPSA) is 90.8 Å². The number of allylic oxidation sites excluding steroid dienone is 4. The van der Waals surface area contributed by atoms with Crippen LogP contribution in [0.4, 0.5) is 25.1 Å². The zero-order valence-corrected chi connectivity index (χ0v) is 18.6. The minimum absolute atomic E-state index is 0.00303. The summed E-state index contributed by atoms with van der Waals surface area (Å²) in [5, 5.41) is 11.0. The second kappa shape index (κ2) is 9.74. The molecule has 0 radical (unpaired) electrons. The van der Waals surface area contributed by atoms with Crippen molar-refractivity contribution in [1.29, 1.82) is 5.41 Å². The lowest BCUT2D eigenvalue weighted by molar-refractivity contribution is 0.0796. The van der Waals surface area contributed by atoms with Crippen molar-refractivity contribution in [3.63, 3.8) is 0 Å². The van der Waals surface area contributed by atoms with Crippen LogP contribution in [0.15, 0.2) is 72.1 Å². The number of hydrogen-bond donors (Lipinski definition) is 2. The number of carbonyl (C=O) groups is 1. The Balaban J connectivity index is 1.77. The summed E-state index contributed by atoms with van der Waals surface area (Å²) in [4.78, 5) is 21.1. The highest BCUT2D eigenvalue weighted by molar-refractivity contribution is 6.10. The van der Waals surface area contributed by atoms with E-state index in [-0.39, 0.29) is 18.5 Å². The van der Waals surface area contributed by atoms with Crippen LogP contribution in [0.1, 0.15) is 5.56 Å². The molecule has 0 unspecified atom stereocenters. The maximum absolute atomic E-state index is 13.7. The lowest BCUT2D eigenvalue weighted by Gasteiger charge is -2.37. The molecule has 0 fully saturated rings. The molecule has 1 aliphatic carbocycles. The van der Waals surface area contributed by atoms with Crippen molar-refractivity contribution in [1.82, 2.24) is 15.2 Å². The van der Waals surface area contributed by atoms with E-state index in [1.807, 2.05) is 0 Å². The molecular formula is C24H23F2N5O3. The van der Waals surface area contributed by atoms with E-state index in [9.17, 15) is 13.6 Å². The third-order valence-electron chi connectivity index (χ3n) is 5.23. The summed E-state index contributed by atoms with van der Waals surface area (Å²) >= 11 is 0. The highest BCUT2D eigenvalue weighted by Gasteiger charge is 2.35. The first-order valence-electron chi connectivity index (χ1n) is 10.4. The number of rotatable bonds is 7. The highest BCUT2D eigenvalue weighted by Crippen LogP contribution is 2.37. The minimum atomic E-state index is -2.64. The maximum Gasteiger partial charge on any atom is 0.335 e. The van der Waals surface area contributed by atoms with Gasteiger partial charge in [0.25, 0.3) is 6.43 Å². The quantitative estimate of drug-likeness (QED) is 0.631. The molecule has 2 heterocycles. The van der Waals surface area contributed by atoms with Crippen LogP contribution < -0.4 is 19.7 Å². The van der Waals surface area contributed by atoms with Crippen molar-refractivity contribution < 1.29 is 23.0 Å². The van der Waals surface area contributed by atoms with E-state index >= 15 is 0 Å². The summed E-state index contributed by atoms with van der Waals surface area (Å²) in [5.74, 6) is 0.922. The molecule has 1 aromatic carbocycles. The zero-order chi connectivity index (χ0) is 24.2. The van der Waals surface area contributed by atoms with Gasteiger partial charge in [-0.3, -0.25) is 4.90 Å². The molecule has 4 rings (SSSR count). The number of benzene rings is 1. The van der Waals surface area contributed by atoms with Gasteiger partial charge in [-0.05, 0) is 48.6 Å². The Morgan fingerprint density at radius 1 is 1.21 bits per heavy atom. The Labute approximate surface area is 195 Å². The van der Waals surface area contributed by atoms with Gasteiger partial charge in [-0.1, -0.05) is 0 Å². The average molecular weight is 467 g/mol. The Kier molecular flexibility index (Phi) is 6.58. The van der Waals surface area contributed by atoms with E-state index in [0.29, 0.717) is 39.8 Å². The summed E-state index contributed by atoms with van der Waals surface area (Å²) in [6, 6.07) is 9.69. The first-order valence-corrected chi connectivity index (χ1v) is 10.4. The molecule has 2 N–H and O–H groups in total. The van der Waals surface area contributed by atoms with Gasteiger partial charge in [0.2, 0.25) is 5.88 Å². The number of aromatic nitrogens is 1. The van der Waals surface area contributed by atoms with Crippen LogP contribution in [0.25, 0.3) is 0 Å². The molecule has 0 spiro atoms. The number of fused-ring (bicyclic) bond motifs is 1.